The van der Waals surface area contributed by atoms with E-state index in [-0.39, 0.29) is 5.91 Å². The van der Waals surface area contributed by atoms with Gasteiger partial charge in [-0.1, -0.05) is 24.3 Å². The summed E-state index contributed by atoms with van der Waals surface area (Å²) < 4.78 is 0. The molecule has 14 heavy (non-hydrogen) atoms. The van der Waals surface area contributed by atoms with Gasteiger partial charge in [-0.2, -0.15) is 0 Å². The highest BCUT2D eigenvalue weighted by Crippen LogP contribution is 2.05. The first-order valence-electron chi connectivity index (χ1n) is 4.73. The van der Waals surface area contributed by atoms with E-state index in [1.165, 1.54) is 11.1 Å². The molecule has 3 heteroatoms. The third kappa shape index (κ3) is 3.58. The maximum absolute atomic E-state index is 10.5. The summed E-state index contributed by atoms with van der Waals surface area (Å²) in [5.74, 6) is -0.262. The maximum Gasteiger partial charge on any atom is 0.218 e. The number of carbonyl (C=O) groups excluding carboxylic acids is 1. The van der Waals surface area contributed by atoms with Gasteiger partial charge in [-0.15, -0.1) is 0 Å². The molecule has 1 amide bonds. The summed E-state index contributed by atoms with van der Waals surface area (Å²) in [5.41, 5.74) is 7.55. The molecule has 0 aliphatic rings. The van der Waals surface area contributed by atoms with Crippen molar-refractivity contribution in [1.29, 1.82) is 0 Å². The summed E-state index contributed by atoms with van der Waals surface area (Å²) in [6.07, 6.45) is 0.395. The van der Waals surface area contributed by atoms with Gasteiger partial charge in [-0.05, 0) is 18.1 Å². The molecule has 0 aliphatic heterocycles. The van der Waals surface area contributed by atoms with Crippen molar-refractivity contribution in [2.45, 2.75) is 19.9 Å². The fourth-order valence-corrected chi connectivity index (χ4v) is 1.24. The number of nitrogens with one attached hydrogen (secondary N) is 1. The quantitative estimate of drug-likeness (QED) is 0.683. The predicted molar refractivity (Wildman–Crippen MR) is 56.7 cm³/mol. The van der Waals surface area contributed by atoms with E-state index in [1.54, 1.807) is 0 Å². The third-order valence-corrected chi connectivity index (χ3v) is 2.12. The summed E-state index contributed by atoms with van der Waals surface area (Å²) in [6.45, 7) is 3.51. The van der Waals surface area contributed by atoms with Gasteiger partial charge in [0.2, 0.25) is 5.91 Å². The Kier molecular flexibility index (Phi) is 4.13. The van der Waals surface area contributed by atoms with Crippen LogP contribution in [0.2, 0.25) is 0 Å². The molecular formula is C11H16N2O. The predicted octanol–water partition coefficient (Wildman–Crippen LogP) is 0.960. The maximum atomic E-state index is 10.5. The van der Waals surface area contributed by atoms with Crippen molar-refractivity contribution in [3.8, 4) is 0 Å². The van der Waals surface area contributed by atoms with Crippen LogP contribution in [0.15, 0.2) is 24.3 Å². The zero-order valence-electron chi connectivity index (χ0n) is 8.42. The molecular weight excluding hydrogens is 176 g/mol. The van der Waals surface area contributed by atoms with E-state index < -0.39 is 0 Å². The van der Waals surface area contributed by atoms with Crippen molar-refractivity contribution >= 4 is 5.91 Å². The van der Waals surface area contributed by atoms with Crippen LogP contribution in [0.5, 0.6) is 0 Å². The van der Waals surface area contributed by atoms with E-state index in [9.17, 15) is 4.79 Å². The molecule has 0 bridgehead atoms. The van der Waals surface area contributed by atoms with Crippen molar-refractivity contribution in [2.75, 3.05) is 6.54 Å². The molecule has 0 atom stereocenters. The Labute approximate surface area is 84.3 Å². The normalized spacial score (nSPS) is 10.1. The zero-order valence-corrected chi connectivity index (χ0v) is 8.42. The molecule has 0 saturated heterocycles. The number of rotatable bonds is 5. The monoisotopic (exact) mass is 192 g/mol. The Morgan fingerprint density at radius 1 is 1.43 bits per heavy atom. The minimum Gasteiger partial charge on any atom is -0.370 e. The van der Waals surface area contributed by atoms with E-state index in [4.69, 9.17) is 5.73 Å². The van der Waals surface area contributed by atoms with Gasteiger partial charge in [-0.3, -0.25) is 4.79 Å². The molecule has 1 rings (SSSR count). The van der Waals surface area contributed by atoms with Gasteiger partial charge in [0.1, 0.15) is 0 Å². The summed E-state index contributed by atoms with van der Waals surface area (Å²) >= 11 is 0. The molecule has 0 saturated carbocycles. The van der Waals surface area contributed by atoms with Gasteiger partial charge < -0.3 is 11.1 Å². The number of primary amides is 1. The number of benzene rings is 1. The number of amides is 1. The lowest BCUT2D eigenvalue weighted by Crippen LogP contribution is -2.21. The third-order valence-electron chi connectivity index (χ3n) is 2.12. The first-order chi connectivity index (χ1) is 6.70. The molecule has 0 aliphatic carbocycles. The first-order valence-corrected chi connectivity index (χ1v) is 4.73. The second kappa shape index (κ2) is 5.40. The van der Waals surface area contributed by atoms with E-state index >= 15 is 0 Å². The Hall–Kier alpha value is -1.35. The highest BCUT2D eigenvalue weighted by molar-refractivity contribution is 5.73. The molecule has 0 aromatic heterocycles. The molecule has 0 fully saturated rings. The molecule has 0 unspecified atom stereocenters. The number of nitrogens with two attached hydrogens (primary N) is 1. The van der Waals surface area contributed by atoms with Crippen LogP contribution in [-0.2, 0) is 11.3 Å². The van der Waals surface area contributed by atoms with E-state index in [0.29, 0.717) is 13.0 Å². The van der Waals surface area contributed by atoms with Crippen molar-refractivity contribution < 1.29 is 4.79 Å². The van der Waals surface area contributed by atoms with Gasteiger partial charge in [0, 0.05) is 19.5 Å². The Bertz CT molecular complexity index is 310. The Balaban J connectivity index is 2.31. The van der Waals surface area contributed by atoms with Crippen LogP contribution >= 0.6 is 0 Å². The van der Waals surface area contributed by atoms with Crippen LogP contribution < -0.4 is 11.1 Å². The Morgan fingerprint density at radius 2 is 2.14 bits per heavy atom. The molecule has 0 radical (unpaired) electrons. The standard InChI is InChI=1S/C11H16N2O/c1-9-4-2-3-5-10(9)8-13-7-6-11(12)14/h2-5,13H,6-8H2,1H3,(H2,12,14). The molecule has 1 aromatic rings. The topological polar surface area (TPSA) is 55.1 Å². The minimum atomic E-state index is -0.262. The van der Waals surface area contributed by atoms with Gasteiger partial charge in [-0.25, -0.2) is 0 Å². The van der Waals surface area contributed by atoms with E-state index in [0.717, 1.165) is 6.54 Å². The van der Waals surface area contributed by atoms with Crippen LogP contribution in [-0.4, -0.2) is 12.5 Å². The summed E-state index contributed by atoms with van der Waals surface area (Å²) in [6, 6.07) is 8.18. The van der Waals surface area contributed by atoms with E-state index in [1.807, 2.05) is 12.1 Å². The van der Waals surface area contributed by atoms with Crippen LogP contribution in [0.1, 0.15) is 17.5 Å². The zero-order chi connectivity index (χ0) is 10.4. The lowest BCUT2D eigenvalue weighted by Gasteiger charge is -2.06. The smallest absolute Gasteiger partial charge is 0.218 e. The lowest BCUT2D eigenvalue weighted by molar-refractivity contribution is -0.117. The highest BCUT2D eigenvalue weighted by atomic mass is 16.1. The van der Waals surface area contributed by atoms with Gasteiger partial charge in [0.05, 0.1) is 0 Å². The summed E-state index contributed by atoms with van der Waals surface area (Å²) in [4.78, 5) is 10.5. The average Bonchev–Trinajstić information content (AvgIpc) is 2.15. The number of carbonyl (C=O) groups is 1. The van der Waals surface area contributed by atoms with Crippen LogP contribution in [0.3, 0.4) is 0 Å². The second-order valence-electron chi connectivity index (χ2n) is 3.32. The second-order valence-corrected chi connectivity index (χ2v) is 3.32. The number of hydrogen-bond acceptors (Lipinski definition) is 2. The molecule has 3 nitrogen and oxygen atoms in total. The lowest BCUT2D eigenvalue weighted by atomic mass is 10.1. The van der Waals surface area contributed by atoms with Crippen molar-refractivity contribution in [1.82, 2.24) is 5.32 Å². The van der Waals surface area contributed by atoms with Crippen LogP contribution in [0.25, 0.3) is 0 Å². The van der Waals surface area contributed by atoms with Gasteiger partial charge >= 0.3 is 0 Å². The van der Waals surface area contributed by atoms with Crippen molar-refractivity contribution in [3.05, 3.63) is 35.4 Å². The summed E-state index contributed by atoms with van der Waals surface area (Å²) in [5, 5.41) is 3.17. The fraction of sp³-hybridized carbons (Fsp3) is 0.364. The minimum absolute atomic E-state index is 0.262. The number of aryl methyl sites for hydroxylation is 1. The van der Waals surface area contributed by atoms with Gasteiger partial charge in [0.15, 0.2) is 0 Å². The average molecular weight is 192 g/mol. The largest absolute Gasteiger partial charge is 0.370 e. The molecule has 3 N–H and O–H groups in total. The summed E-state index contributed by atoms with van der Waals surface area (Å²) in [7, 11) is 0. The van der Waals surface area contributed by atoms with E-state index in [2.05, 4.69) is 24.4 Å². The van der Waals surface area contributed by atoms with Gasteiger partial charge in [0.25, 0.3) is 0 Å². The fourth-order valence-electron chi connectivity index (χ4n) is 1.24. The molecule has 0 spiro atoms. The van der Waals surface area contributed by atoms with Crippen LogP contribution in [0.4, 0.5) is 0 Å². The Morgan fingerprint density at radius 3 is 2.79 bits per heavy atom. The first kappa shape index (κ1) is 10.7. The van der Waals surface area contributed by atoms with Crippen LogP contribution in [0, 0.1) is 6.92 Å². The molecule has 76 valence electrons. The number of hydrogen-bond donors (Lipinski definition) is 2. The molecule has 0 heterocycles. The highest BCUT2D eigenvalue weighted by Gasteiger charge is 1.97. The SMILES string of the molecule is Cc1ccccc1CNCCC(N)=O. The van der Waals surface area contributed by atoms with Crippen molar-refractivity contribution in [3.63, 3.8) is 0 Å². The van der Waals surface area contributed by atoms with Crippen molar-refractivity contribution in [2.24, 2.45) is 5.73 Å². The molecule has 1 aromatic carbocycles.